The highest BCUT2D eigenvalue weighted by Gasteiger charge is 2.60. The van der Waals surface area contributed by atoms with Crippen molar-refractivity contribution in [3.63, 3.8) is 0 Å². The maximum Gasteiger partial charge on any atom is 0.404 e. The first kappa shape index (κ1) is 31.3. The van der Waals surface area contributed by atoms with Gasteiger partial charge in [0.15, 0.2) is 8.32 Å². The topological polar surface area (TPSA) is 38.3 Å². The van der Waals surface area contributed by atoms with Gasteiger partial charge in [0.1, 0.15) is 11.8 Å². The second kappa shape index (κ2) is 12.1. The molecule has 0 bridgehead atoms. The van der Waals surface area contributed by atoms with Crippen LogP contribution in [0, 0.1) is 29.6 Å². The van der Waals surface area contributed by atoms with Crippen LogP contribution in [0.25, 0.3) is 0 Å². The first-order chi connectivity index (χ1) is 17.0. The molecule has 37 heavy (non-hydrogen) atoms. The molecule has 1 saturated heterocycles. The van der Waals surface area contributed by atoms with E-state index in [0.29, 0.717) is 38.5 Å². The number of piperidine rings is 1. The van der Waals surface area contributed by atoms with Crippen molar-refractivity contribution in [2.45, 2.75) is 127 Å². The van der Waals surface area contributed by atoms with Gasteiger partial charge in [0, 0.05) is 29.7 Å². The highest BCUT2D eigenvalue weighted by Crippen LogP contribution is 2.50. The van der Waals surface area contributed by atoms with E-state index in [9.17, 15) is 26.7 Å². The Labute approximate surface area is 225 Å². The second-order valence-corrected chi connectivity index (χ2v) is 18.6. The average Bonchev–Trinajstić information content (AvgIpc) is 2.81. The van der Waals surface area contributed by atoms with Crippen molar-refractivity contribution in [1.82, 2.24) is 5.32 Å². The smallest absolute Gasteiger partial charge is 0.404 e. The number of halogens is 6. The summed E-state index contributed by atoms with van der Waals surface area (Å²) in [5.41, 5.74) is 0. The zero-order chi connectivity index (χ0) is 27.8. The maximum absolute atomic E-state index is 14.5. The molecule has 0 spiro atoms. The van der Waals surface area contributed by atoms with Crippen LogP contribution in [0.3, 0.4) is 0 Å². The van der Waals surface area contributed by atoms with E-state index in [4.69, 9.17) is 16.0 Å². The van der Waals surface area contributed by atoms with Gasteiger partial charge in [-0.3, -0.25) is 10.1 Å². The SMILES string of the molecule is CC(C)(C)[Si](C)(C)OCC1C(C(F)F)NC(C(F)(F)F)C(C(=O)C2CCC(Cl)CC2)C1C1CCCCC1. The molecule has 0 radical (unpaired) electrons. The molecule has 3 rings (SSSR count). The van der Waals surface area contributed by atoms with Crippen LogP contribution in [0.4, 0.5) is 22.0 Å². The fraction of sp³-hybridized carbons (Fsp3) is 0.963. The van der Waals surface area contributed by atoms with Gasteiger partial charge in [0.25, 0.3) is 6.43 Å². The Bertz CT molecular complexity index is 761. The van der Waals surface area contributed by atoms with E-state index < -0.39 is 62.5 Å². The van der Waals surface area contributed by atoms with Gasteiger partial charge in [-0.25, -0.2) is 8.78 Å². The van der Waals surface area contributed by atoms with E-state index in [1.165, 1.54) is 0 Å². The molecule has 0 aromatic carbocycles. The summed E-state index contributed by atoms with van der Waals surface area (Å²) in [7, 11) is -2.37. The molecule has 2 saturated carbocycles. The Morgan fingerprint density at radius 2 is 1.57 bits per heavy atom. The van der Waals surface area contributed by atoms with Crippen LogP contribution in [-0.2, 0) is 9.22 Å². The van der Waals surface area contributed by atoms with E-state index in [1.807, 2.05) is 33.9 Å². The lowest BCUT2D eigenvalue weighted by molar-refractivity contribution is -0.203. The fourth-order valence-corrected chi connectivity index (χ4v) is 7.88. The molecule has 3 nitrogen and oxygen atoms in total. The number of hydrogen-bond donors (Lipinski definition) is 1. The fourth-order valence-electron chi connectivity index (χ4n) is 6.58. The van der Waals surface area contributed by atoms with Crippen LogP contribution >= 0.6 is 11.6 Å². The molecule has 0 amide bonds. The molecular formula is C27H45ClF5NO2Si. The maximum atomic E-state index is 14.5. The third-order valence-corrected chi connectivity index (χ3v) is 14.7. The summed E-state index contributed by atoms with van der Waals surface area (Å²) in [5, 5.41) is 2.02. The van der Waals surface area contributed by atoms with E-state index in [1.54, 1.807) is 0 Å². The van der Waals surface area contributed by atoms with Crippen molar-refractivity contribution >= 4 is 25.7 Å². The molecule has 3 fully saturated rings. The Balaban J connectivity index is 2.05. The number of carbonyl (C=O) groups excluding carboxylic acids is 1. The number of rotatable bonds is 7. The predicted molar refractivity (Wildman–Crippen MR) is 140 cm³/mol. The van der Waals surface area contributed by atoms with Gasteiger partial charge in [0.2, 0.25) is 0 Å². The molecule has 216 valence electrons. The minimum absolute atomic E-state index is 0.0531. The molecule has 3 aliphatic rings. The second-order valence-electron chi connectivity index (χ2n) is 13.1. The van der Waals surface area contributed by atoms with Gasteiger partial charge < -0.3 is 4.43 Å². The normalized spacial score (nSPS) is 35.1. The summed E-state index contributed by atoms with van der Waals surface area (Å²) in [6, 6.07) is -3.95. The lowest BCUT2D eigenvalue weighted by atomic mass is 9.59. The molecule has 2 aliphatic carbocycles. The molecular weight excluding hydrogens is 529 g/mol. The lowest BCUT2D eigenvalue weighted by Gasteiger charge is -2.52. The van der Waals surface area contributed by atoms with Gasteiger partial charge >= 0.3 is 6.18 Å². The molecule has 5 atom stereocenters. The third-order valence-electron chi connectivity index (χ3n) is 9.75. The highest BCUT2D eigenvalue weighted by atomic mass is 35.5. The monoisotopic (exact) mass is 573 g/mol. The summed E-state index contributed by atoms with van der Waals surface area (Å²) >= 11 is 6.22. The van der Waals surface area contributed by atoms with Gasteiger partial charge in [-0.2, -0.15) is 13.2 Å². The van der Waals surface area contributed by atoms with E-state index in [-0.39, 0.29) is 22.9 Å². The van der Waals surface area contributed by atoms with E-state index in [2.05, 4.69) is 5.32 Å². The first-order valence-corrected chi connectivity index (χ1v) is 17.3. The summed E-state index contributed by atoms with van der Waals surface area (Å²) in [4.78, 5) is 13.9. The van der Waals surface area contributed by atoms with Crippen molar-refractivity contribution in [3.05, 3.63) is 0 Å². The van der Waals surface area contributed by atoms with Crippen molar-refractivity contribution in [2.75, 3.05) is 6.61 Å². The molecule has 0 aromatic rings. The number of Topliss-reactive ketones (excluding diaryl/α,β-unsaturated/α-hetero) is 1. The minimum Gasteiger partial charge on any atom is -0.416 e. The Morgan fingerprint density at radius 1 is 1.00 bits per heavy atom. The molecule has 1 N–H and O–H groups in total. The van der Waals surface area contributed by atoms with Gasteiger partial charge in [-0.15, -0.1) is 11.6 Å². The van der Waals surface area contributed by atoms with Crippen molar-refractivity contribution in [3.8, 4) is 0 Å². The zero-order valence-corrected chi connectivity index (χ0v) is 24.6. The third kappa shape index (κ3) is 7.29. The van der Waals surface area contributed by atoms with Crippen LogP contribution in [0.1, 0.15) is 78.6 Å². The molecule has 5 unspecified atom stereocenters. The van der Waals surface area contributed by atoms with Gasteiger partial charge in [-0.05, 0) is 55.7 Å². The zero-order valence-electron chi connectivity index (χ0n) is 22.9. The molecule has 10 heteroatoms. The molecule has 1 aliphatic heterocycles. The van der Waals surface area contributed by atoms with Gasteiger partial charge in [-0.1, -0.05) is 52.9 Å². The van der Waals surface area contributed by atoms with Crippen LogP contribution in [-0.4, -0.2) is 50.8 Å². The Morgan fingerprint density at radius 3 is 2.05 bits per heavy atom. The quantitative estimate of drug-likeness (QED) is 0.191. The van der Waals surface area contributed by atoms with E-state index >= 15 is 0 Å². The van der Waals surface area contributed by atoms with Gasteiger partial charge in [0.05, 0.1) is 6.04 Å². The largest absolute Gasteiger partial charge is 0.416 e. The van der Waals surface area contributed by atoms with Crippen LogP contribution in [0.5, 0.6) is 0 Å². The van der Waals surface area contributed by atoms with Crippen LogP contribution in [0.15, 0.2) is 0 Å². The first-order valence-electron chi connectivity index (χ1n) is 14.0. The standard InChI is InChI=1S/C27H45ClF5NO2Si/c1-26(2,3)37(4,5)36-15-19-20(16-9-7-6-8-10-16)21(23(35)17-11-13-18(28)14-12-17)24(27(31,32)33)34-22(19)25(29)30/h16-22,24-25,34H,6-15H2,1-5H3. The average molecular weight is 574 g/mol. The van der Waals surface area contributed by atoms with Crippen LogP contribution < -0.4 is 5.32 Å². The minimum atomic E-state index is -4.81. The van der Waals surface area contributed by atoms with E-state index in [0.717, 1.165) is 19.3 Å². The Hall–Kier alpha value is -0.253. The predicted octanol–water partition coefficient (Wildman–Crippen LogP) is 7.97. The lowest BCUT2D eigenvalue weighted by Crippen LogP contribution is -2.68. The van der Waals surface area contributed by atoms with Crippen molar-refractivity contribution in [2.24, 2.45) is 29.6 Å². The van der Waals surface area contributed by atoms with Crippen LogP contribution in [0.2, 0.25) is 18.1 Å². The number of nitrogens with one attached hydrogen (secondary N) is 1. The number of carbonyl (C=O) groups is 1. The number of alkyl halides is 6. The van der Waals surface area contributed by atoms with Crippen molar-refractivity contribution in [1.29, 1.82) is 0 Å². The molecule has 0 aromatic heterocycles. The molecule has 1 heterocycles. The number of ketones is 1. The number of hydrogen-bond acceptors (Lipinski definition) is 3. The van der Waals surface area contributed by atoms with Crippen molar-refractivity contribution < 1.29 is 31.2 Å². The Kier molecular flexibility index (Phi) is 10.2. The summed E-state index contributed by atoms with van der Waals surface area (Å²) in [5.74, 6) is -4.18. The summed E-state index contributed by atoms with van der Waals surface area (Å²) in [6.07, 6.45) is -1.73. The summed E-state index contributed by atoms with van der Waals surface area (Å²) < 4.78 is 78.9. The highest BCUT2D eigenvalue weighted by molar-refractivity contribution is 6.74. The summed E-state index contributed by atoms with van der Waals surface area (Å²) in [6.45, 7) is 10.1.